The minimum Gasteiger partial charge on any atom is -0.385 e. The molecule has 0 heterocycles. The molecule has 0 spiro atoms. The molecule has 0 fully saturated rings. The lowest BCUT2D eigenvalue weighted by atomic mass is 10.1. The summed E-state index contributed by atoms with van der Waals surface area (Å²) in [7, 11) is 3.59. The van der Waals surface area contributed by atoms with Crippen LogP contribution in [0.5, 0.6) is 0 Å². The third-order valence-corrected chi connectivity index (χ3v) is 2.53. The van der Waals surface area contributed by atoms with Crippen LogP contribution < -0.4 is 4.90 Å². The van der Waals surface area contributed by atoms with Gasteiger partial charge < -0.3 is 9.64 Å². The molecule has 0 saturated heterocycles. The second-order valence-corrected chi connectivity index (χ2v) is 3.77. The number of methoxy groups -OCH3 is 1. The topological polar surface area (TPSA) is 53.3 Å². The standard InChI is InChI=1S/C13H16N2O2/c1-15(6-3-7-17-2)13-5-4-11(10-16)8-12(13)9-14/h4-5,8,10H,3,6-7H2,1-2H3. The van der Waals surface area contributed by atoms with Crippen LogP contribution in [0.4, 0.5) is 5.69 Å². The lowest BCUT2D eigenvalue weighted by Gasteiger charge is -2.20. The van der Waals surface area contributed by atoms with Gasteiger partial charge in [0, 0.05) is 32.9 Å². The third-order valence-electron chi connectivity index (χ3n) is 2.53. The summed E-state index contributed by atoms with van der Waals surface area (Å²) >= 11 is 0. The lowest BCUT2D eigenvalue weighted by Crippen LogP contribution is -2.20. The molecule has 0 amide bonds. The first kappa shape index (κ1) is 13.2. The average molecular weight is 232 g/mol. The molecular weight excluding hydrogens is 216 g/mol. The molecule has 0 bridgehead atoms. The number of rotatable bonds is 6. The number of hydrogen-bond acceptors (Lipinski definition) is 4. The van der Waals surface area contributed by atoms with Gasteiger partial charge in [0.2, 0.25) is 0 Å². The fourth-order valence-electron chi connectivity index (χ4n) is 1.62. The van der Waals surface area contributed by atoms with Crippen LogP contribution >= 0.6 is 0 Å². The van der Waals surface area contributed by atoms with E-state index < -0.39 is 0 Å². The van der Waals surface area contributed by atoms with Crippen molar-refractivity contribution in [2.24, 2.45) is 0 Å². The smallest absolute Gasteiger partial charge is 0.150 e. The Labute approximate surface area is 101 Å². The van der Waals surface area contributed by atoms with Gasteiger partial charge in [0.05, 0.1) is 11.3 Å². The highest BCUT2D eigenvalue weighted by Crippen LogP contribution is 2.19. The van der Waals surface area contributed by atoms with E-state index in [0.29, 0.717) is 17.7 Å². The summed E-state index contributed by atoms with van der Waals surface area (Å²) in [6, 6.07) is 7.24. The SMILES string of the molecule is COCCCN(C)c1ccc(C=O)cc1C#N. The fourth-order valence-corrected chi connectivity index (χ4v) is 1.62. The van der Waals surface area contributed by atoms with Gasteiger partial charge in [0.25, 0.3) is 0 Å². The highest BCUT2D eigenvalue weighted by Gasteiger charge is 2.07. The molecule has 0 aliphatic rings. The van der Waals surface area contributed by atoms with E-state index in [4.69, 9.17) is 10.00 Å². The number of ether oxygens (including phenoxy) is 1. The molecule has 0 aromatic heterocycles. The Kier molecular flexibility index (Phi) is 5.18. The molecule has 0 atom stereocenters. The summed E-state index contributed by atoms with van der Waals surface area (Å²) in [4.78, 5) is 12.6. The highest BCUT2D eigenvalue weighted by molar-refractivity contribution is 5.78. The van der Waals surface area contributed by atoms with Crippen molar-refractivity contribution in [1.82, 2.24) is 0 Å². The van der Waals surface area contributed by atoms with E-state index in [9.17, 15) is 4.79 Å². The van der Waals surface area contributed by atoms with E-state index in [2.05, 4.69) is 6.07 Å². The van der Waals surface area contributed by atoms with Crippen molar-refractivity contribution in [3.05, 3.63) is 29.3 Å². The fraction of sp³-hybridized carbons (Fsp3) is 0.385. The quantitative estimate of drug-likeness (QED) is 0.554. The first-order chi connectivity index (χ1) is 8.22. The number of aldehydes is 1. The number of carbonyl (C=O) groups excluding carboxylic acids is 1. The summed E-state index contributed by atoms with van der Waals surface area (Å²) in [5, 5.41) is 9.04. The van der Waals surface area contributed by atoms with Gasteiger partial charge in [-0.05, 0) is 24.6 Å². The number of anilines is 1. The lowest BCUT2D eigenvalue weighted by molar-refractivity contribution is 0.112. The van der Waals surface area contributed by atoms with Gasteiger partial charge in [-0.3, -0.25) is 4.79 Å². The largest absolute Gasteiger partial charge is 0.385 e. The predicted octanol–water partition coefficient (Wildman–Crippen LogP) is 1.84. The van der Waals surface area contributed by atoms with Gasteiger partial charge in [-0.2, -0.15) is 5.26 Å². The van der Waals surface area contributed by atoms with Crippen molar-refractivity contribution in [1.29, 1.82) is 5.26 Å². The molecule has 4 nitrogen and oxygen atoms in total. The van der Waals surface area contributed by atoms with Crippen molar-refractivity contribution in [3.63, 3.8) is 0 Å². The van der Waals surface area contributed by atoms with Crippen LogP contribution in [-0.4, -0.2) is 33.6 Å². The van der Waals surface area contributed by atoms with Gasteiger partial charge in [0.1, 0.15) is 12.4 Å². The Hall–Kier alpha value is -1.86. The molecule has 90 valence electrons. The van der Waals surface area contributed by atoms with E-state index >= 15 is 0 Å². The maximum absolute atomic E-state index is 10.6. The molecule has 4 heteroatoms. The Morgan fingerprint density at radius 2 is 2.29 bits per heavy atom. The Balaban J connectivity index is 2.82. The Morgan fingerprint density at radius 1 is 1.53 bits per heavy atom. The molecule has 0 radical (unpaired) electrons. The molecule has 0 unspecified atom stereocenters. The second-order valence-electron chi connectivity index (χ2n) is 3.77. The molecule has 0 aliphatic carbocycles. The normalized spacial score (nSPS) is 9.71. The zero-order valence-corrected chi connectivity index (χ0v) is 10.1. The number of nitrogens with zero attached hydrogens (tertiary/aromatic N) is 2. The van der Waals surface area contributed by atoms with E-state index in [1.807, 2.05) is 11.9 Å². The first-order valence-electron chi connectivity index (χ1n) is 5.42. The second kappa shape index (κ2) is 6.66. The van der Waals surface area contributed by atoms with Crippen LogP contribution in [0.2, 0.25) is 0 Å². The zero-order chi connectivity index (χ0) is 12.7. The Bertz CT molecular complexity index is 424. The molecule has 17 heavy (non-hydrogen) atoms. The van der Waals surface area contributed by atoms with Crippen LogP contribution in [-0.2, 0) is 4.74 Å². The first-order valence-corrected chi connectivity index (χ1v) is 5.42. The van der Waals surface area contributed by atoms with Gasteiger partial charge in [0.15, 0.2) is 0 Å². The van der Waals surface area contributed by atoms with Crippen molar-refractivity contribution in [2.75, 3.05) is 32.2 Å². The molecule has 0 N–H and O–H groups in total. The maximum Gasteiger partial charge on any atom is 0.150 e. The summed E-state index contributed by atoms with van der Waals surface area (Å²) in [6.07, 6.45) is 1.64. The number of nitriles is 1. The van der Waals surface area contributed by atoms with Crippen LogP contribution in [0.15, 0.2) is 18.2 Å². The van der Waals surface area contributed by atoms with Crippen LogP contribution in [0, 0.1) is 11.3 Å². The van der Waals surface area contributed by atoms with Gasteiger partial charge in [-0.1, -0.05) is 0 Å². The molecule has 1 aromatic rings. The molecular formula is C13H16N2O2. The Morgan fingerprint density at radius 3 is 2.88 bits per heavy atom. The molecule has 0 aliphatic heterocycles. The number of benzene rings is 1. The van der Waals surface area contributed by atoms with Crippen LogP contribution in [0.25, 0.3) is 0 Å². The van der Waals surface area contributed by atoms with Crippen molar-refractivity contribution in [2.45, 2.75) is 6.42 Å². The van der Waals surface area contributed by atoms with Crippen molar-refractivity contribution in [3.8, 4) is 6.07 Å². The minimum atomic E-state index is 0.523. The number of carbonyl (C=O) groups is 1. The average Bonchev–Trinajstić information content (AvgIpc) is 2.38. The van der Waals surface area contributed by atoms with Crippen LogP contribution in [0.1, 0.15) is 22.3 Å². The van der Waals surface area contributed by atoms with E-state index in [1.165, 1.54) is 0 Å². The van der Waals surface area contributed by atoms with Crippen LogP contribution in [0.3, 0.4) is 0 Å². The highest BCUT2D eigenvalue weighted by atomic mass is 16.5. The minimum absolute atomic E-state index is 0.523. The van der Waals surface area contributed by atoms with E-state index in [0.717, 1.165) is 24.9 Å². The summed E-state index contributed by atoms with van der Waals surface area (Å²) < 4.78 is 4.98. The van der Waals surface area contributed by atoms with Crippen molar-refractivity contribution < 1.29 is 9.53 Å². The third kappa shape index (κ3) is 3.58. The van der Waals surface area contributed by atoms with Gasteiger partial charge in [-0.25, -0.2) is 0 Å². The molecule has 1 aromatic carbocycles. The van der Waals surface area contributed by atoms with E-state index in [1.54, 1.807) is 25.3 Å². The summed E-state index contributed by atoms with van der Waals surface area (Å²) in [5.74, 6) is 0. The molecule has 0 saturated carbocycles. The predicted molar refractivity (Wildman–Crippen MR) is 66.3 cm³/mol. The van der Waals surface area contributed by atoms with E-state index in [-0.39, 0.29) is 0 Å². The van der Waals surface area contributed by atoms with Gasteiger partial charge >= 0.3 is 0 Å². The zero-order valence-electron chi connectivity index (χ0n) is 10.1. The van der Waals surface area contributed by atoms with Gasteiger partial charge in [-0.15, -0.1) is 0 Å². The maximum atomic E-state index is 10.6. The van der Waals surface area contributed by atoms with Crippen molar-refractivity contribution >= 4 is 12.0 Å². The molecule has 1 rings (SSSR count). The summed E-state index contributed by atoms with van der Waals surface area (Å²) in [5.41, 5.74) is 1.89. The number of hydrogen-bond donors (Lipinski definition) is 0. The monoisotopic (exact) mass is 232 g/mol. The summed E-state index contributed by atoms with van der Waals surface area (Å²) in [6.45, 7) is 1.50.